The van der Waals surface area contributed by atoms with Crippen molar-refractivity contribution < 1.29 is 4.79 Å². The molecule has 4 rings (SSSR count). The van der Waals surface area contributed by atoms with Crippen LogP contribution in [0.3, 0.4) is 0 Å². The average molecular weight is 450 g/mol. The van der Waals surface area contributed by atoms with Gasteiger partial charge in [0, 0.05) is 34.9 Å². The van der Waals surface area contributed by atoms with E-state index in [0.717, 1.165) is 31.5 Å². The normalized spacial score (nSPS) is 14.7. The molecule has 0 saturated carbocycles. The van der Waals surface area contributed by atoms with Gasteiger partial charge >= 0.3 is 0 Å². The van der Waals surface area contributed by atoms with Gasteiger partial charge in [0.25, 0.3) is 5.91 Å². The van der Waals surface area contributed by atoms with Crippen molar-refractivity contribution in [1.82, 2.24) is 20.0 Å². The fourth-order valence-electron chi connectivity index (χ4n) is 3.36. The Hall–Kier alpha value is -2.05. The second kappa shape index (κ2) is 8.76. The first kappa shape index (κ1) is 20.2. The van der Waals surface area contributed by atoms with Gasteiger partial charge in [0.2, 0.25) is 0 Å². The number of amides is 1. The predicted molar refractivity (Wildman–Crippen MR) is 117 cm³/mol. The number of rotatable bonds is 4. The molecular formula is C21H19Cl3N4O. The van der Waals surface area contributed by atoms with Gasteiger partial charge < -0.3 is 0 Å². The van der Waals surface area contributed by atoms with Gasteiger partial charge in [-0.1, -0.05) is 41.2 Å². The van der Waals surface area contributed by atoms with E-state index >= 15 is 0 Å². The van der Waals surface area contributed by atoms with Crippen LogP contribution in [0, 0.1) is 0 Å². The van der Waals surface area contributed by atoms with E-state index in [1.54, 1.807) is 41.1 Å². The minimum Gasteiger partial charge on any atom is -0.297 e. The Kier molecular flexibility index (Phi) is 6.11. The fraction of sp³-hybridized carbons (Fsp3) is 0.238. The second-order valence-electron chi connectivity index (χ2n) is 6.91. The van der Waals surface area contributed by atoms with Crippen LogP contribution in [0.5, 0.6) is 0 Å². The number of carbonyl (C=O) groups is 1. The summed E-state index contributed by atoms with van der Waals surface area (Å²) in [7, 11) is 0. The number of hydrogen-bond acceptors (Lipinski definition) is 3. The predicted octanol–water partition coefficient (Wildman–Crippen LogP) is 5.63. The first-order valence-corrected chi connectivity index (χ1v) is 10.5. The number of halogens is 3. The van der Waals surface area contributed by atoms with Gasteiger partial charge in [0.15, 0.2) is 0 Å². The summed E-state index contributed by atoms with van der Waals surface area (Å²) < 4.78 is 1.80. The molecule has 150 valence electrons. The summed E-state index contributed by atoms with van der Waals surface area (Å²) in [6.45, 7) is 1.69. The Morgan fingerprint density at radius 2 is 1.62 bits per heavy atom. The van der Waals surface area contributed by atoms with E-state index in [1.165, 1.54) is 6.42 Å². The Bertz CT molecular complexity index is 1030. The van der Waals surface area contributed by atoms with Crippen molar-refractivity contribution >= 4 is 40.7 Å². The van der Waals surface area contributed by atoms with Crippen molar-refractivity contribution in [2.45, 2.75) is 19.3 Å². The van der Waals surface area contributed by atoms with Crippen LogP contribution in [0.4, 0.5) is 0 Å². The standard InChI is InChI=1S/C21H19Cl3N4O/c22-15-6-4-14(5-7-15)20-25-18(21(29)26-27-10-2-1-3-11-27)13-28(20)19-9-8-16(23)12-17(19)24/h4-9,12-13H,1-3,10-11H2,(H,26,29). The number of aromatic nitrogens is 2. The van der Waals surface area contributed by atoms with Crippen molar-refractivity contribution in [1.29, 1.82) is 0 Å². The number of benzene rings is 2. The minimum atomic E-state index is -0.244. The number of imidazole rings is 1. The third-order valence-corrected chi connectivity index (χ3v) is 5.62. The summed E-state index contributed by atoms with van der Waals surface area (Å²) in [5, 5.41) is 3.57. The Balaban J connectivity index is 1.73. The maximum atomic E-state index is 12.8. The number of hydrogen-bond donors (Lipinski definition) is 1. The molecule has 1 aliphatic heterocycles. The highest BCUT2D eigenvalue weighted by Gasteiger charge is 2.20. The summed E-state index contributed by atoms with van der Waals surface area (Å²) in [6.07, 6.45) is 5.03. The van der Waals surface area contributed by atoms with Crippen LogP contribution >= 0.6 is 34.8 Å². The van der Waals surface area contributed by atoms with Crippen molar-refractivity contribution in [2.24, 2.45) is 0 Å². The second-order valence-corrected chi connectivity index (χ2v) is 8.19. The van der Waals surface area contributed by atoms with Gasteiger partial charge in [-0.15, -0.1) is 0 Å². The lowest BCUT2D eigenvalue weighted by Gasteiger charge is -2.26. The molecule has 0 radical (unpaired) electrons. The van der Waals surface area contributed by atoms with E-state index in [-0.39, 0.29) is 5.91 Å². The molecule has 0 atom stereocenters. The highest BCUT2D eigenvalue weighted by atomic mass is 35.5. The van der Waals surface area contributed by atoms with Crippen LogP contribution in [0.15, 0.2) is 48.7 Å². The molecule has 2 heterocycles. The van der Waals surface area contributed by atoms with Crippen LogP contribution in [0.1, 0.15) is 29.8 Å². The van der Waals surface area contributed by atoms with E-state index in [9.17, 15) is 4.79 Å². The molecule has 0 aliphatic carbocycles. The summed E-state index contributed by atoms with van der Waals surface area (Å²) >= 11 is 18.5. The van der Waals surface area contributed by atoms with Crippen LogP contribution in [-0.2, 0) is 0 Å². The van der Waals surface area contributed by atoms with Gasteiger partial charge in [0.1, 0.15) is 11.5 Å². The van der Waals surface area contributed by atoms with E-state index in [1.807, 2.05) is 17.1 Å². The molecule has 1 amide bonds. The third-order valence-electron chi connectivity index (χ3n) is 4.83. The van der Waals surface area contributed by atoms with Crippen LogP contribution in [-0.4, -0.2) is 33.6 Å². The SMILES string of the molecule is O=C(NN1CCCCC1)c1cn(-c2ccc(Cl)cc2Cl)c(-c2ccc(Cl)cc2)n1. The molecule has 1 aliphatic rings. The summed E-state index contributed by atoms with van der Waals surface area (Å²) in [4.78, 5) is 17.4. The van der Waals surface area contributed by atoms with Gasteiger partial charge in [-0.25, -0.2) is 9.99 Å². The molecule has 3 aromatic rings. The van der Waals surface area contributed by atoms with E-state index in [4.69, 9.17) is 34.8 Å². The van der Waals surface area contributed by atoms with Gasteiger partial charge in [-0.2, -0.15) is 0 Å². The largest absolute Gasteiger partial charge is 0.297 e. The molecule has 1 saturated heterocycles. The third kappa shape index (κ3) is 4.59. The molecule has 8 heteroatoms. The smallest absolute Gasteiger partial charge is 0.285 e. The maximum absolute atomic E-state index is 12.8. The van der Waals surface area contributed by atoms with Crippen molar-refractivity contribution in [2.75, 3.05) is 13.1 Å². The number of piperidine rings is 1. The lowest BCUT2D eigenvalue weighted by Crippen LogP contribution is -2.45. The van der Waals surface area contributed by atoms with E-state index < -0.39 is 0 Å². The van der Waals surface area contributed by atoms with Gasteiger partial charge in [-0.3, -0.25) is 14.8 Å². The molecule has 5 nitrogen and oxygen atoms in total. The highest BCUT2D eigenvalue weighted by molar-refractivity contribution is 6.35. The van der Waals surface area contributed by atoms with Crippen molar-refractivity contribution in [3.8, 4) is 17.1 Å². The van der Waals surface area contributed by atoms with Gasteiger partial charge in [0.05, 0.1) is 10.7 Å². The fourth-order valence-corrected chi connectivity index (χ4v) is 3.98. The van der Waals surface area contributed by atoms with Crippen LogP contribution in [0.25, 0.3) is 17.1 Å². The van der Waals surface area contributed by atoms with Crippen molar-refractivity contribution in [3.63, 3.8) is 0 Å². The average Bonchev–Trinajstić information content (AvgIpc) is 3.14. The lowest BCUT2D eigenvalue weighted by atomic mass is 10.2. The van der Waals surface area contributed by atoms with E-state index in [0.29, 0.717) is 32.3 Å². The highest BCUT2D eigenvalue weighted by Crippen LogP contribution is 2.30. The molecule has 1 aromatic heterocycles. The molecule has 0 bridgehead atoms. The maximum Gasteiger partial charge on any atom is 0.285 e. The van der Waals surface area contributed by atoms with Gasteiger partial charge in [-0.05, 0) is 55.3 Å². The zero-order chi connectivity index (χ0) is 20.4. The molecule has 2 aromatic carbocycles. The summed E-state index contributed by atoms with van der Waals surface area (Å²) in [6, 6.07) is 12.5. The number of nitrogens with zero attached hydrogens (tertiary/aromatic N) is 3. The summed E-state index contributed by atoms with van der Waals surface area (Å²) in [5.41, 5.74) is 4.77. The molecule has 0 spiro atoms. The zero-order valence-corrected chi connectivity index (χ0v) is 17.8. The Morgan fingerprint density at radius 3 is 2.31 bits per heavy atom. The van der Waals surface area contributed by atoms with Crippen LogP contribution < -0.4 is 5.43 Å². The Labute approximate surface area is 184 Å². The quantitative estimate of drug-likeness (QED) is 0.561. The molecule has 0 unspecified atom stereocenters. The zero-order valence-electron chi connectivity index (χ0n) is 15.5. The minimum absolute atomic E-state index is 0.244. The molecule has 1 fully saturated rings. The molecule has 29 heavy (non-hydrogen) atoms. The summed E-state index contributed by atoms with van der Waals surface area (Å²) in [5.74, 6) is 0.348. The first-order valence-electron chi connectivity index (χ1n) is 9.38. The van der Waals surface area contributed by atoms with Crippen LogP contribution in [0.2, 0.25) is 15.1 Å². The van der Waals surface area contributed by atoms with Crippen molar-refractivity contribution in [3.05, 3.63) is 69.4 Å². The monoisotopic (exact) mass is 448 g/mol. The number of carbonyl (C=O) groups excluding carboxylic acids is 1. The molecular weight excluding hydrogens is 431 g/mol. The number of nitrogens with one attached hydrogen (secondary N) is 1. The Morgan fingerprint density at radius 1 is 0.931 bits per heavy atom. The lowest BCUT2D eigenvalue weighted by molar-refractivity contribution is 0.0745. The van der Waals surface area contributed by atoms with E-state index in [2.05, 4.69) is 10.4 Å². The topological polar surface area (TPSA) is 50.2 Å². The number of hydrazine groups is 1. The molecule has 1 N–H and O–H groups in total. The first-order chi connectivity index (χ1) is 14.0.